The standard InChI is InChI=1S/C10H15N5O2S/c11-14-9(17)10-13-7(6-18-10)4-15-3-1-2-12-8(16)5-15/h6H,1-5,11H2,(H,12,16)(H,14,17). The number of hydrogen-bond acceptors (Lipinski definition) is 6. The van der Waals surface area contributed by atoms with Crippen LogP contribution >= 0.6 is 11.3 Å². The number of nitrogens with one attached hydrogen (secondary N) is 2. The highest BCUT2D eigenvalue weighted by atomic mass is 32.1. The molecule has 1 aliphatic rings. The van der Waals surface area contributed by atoms with E-state index in [9.17, 15) is 9.59 Å². The highest BCUT2D eigenvalue weighted by Crippen LogP contribution is 2.12. The van der Waals surface area contributed by atoms with Gasteiger partial charge < -0.3 is 5.32 Å². The molecule has 1 aromatic rings. The van der Waals surface area contributed by atoms with Gasteiger partial charge in [0.2, 0.25) is 5.91 Å². The van der Waals surface area contributed by atoms with E-state index in [1.165, 1.54) is 11.3 Å². The van der Waals surface area contributed by atoms with Crippen molar-refractivity contribution in [3.8, 4) is 0 Å². The number of nitrogens with two attached hydrogens (primary N) is 1. The van der Waals surface area contributed by atoms with Crippen LogP contribution < -0.4 is 16.6 Å². The molecule has 1 aliphatic heterocycles. The molecule has 0 saturated carbocycles. The molecule has 0 atom stereocenters. The van der Waals surface area contributed by atoms with Crippen LogP contribution in [0.5, 0.6) is 0 Å². The second-order valence-corrected chi connectivity index (χ2v) is 4.89. The number of carbonyl (C=O) groups excluding carboxylic acids is 2. The van der Waals surface area contributed by atoms with Gasteiger partial charge in [0.05, 0.1) is 12.2 Å². The molecule has 2 rings (SSSR count). The fourth-order valence-electron chi connectivity index (χ4n) is 1.78. The zero-order valence-corrected chi connectivity index (χ0v) is 10.6. The Kier molecular flexibility index (Phi) is 4.24. The number of amides is 2. The summed E-state index contributed by atoms with van der Waals surface area (Å²) in [5.41, 5.74) is 2.83. The lowest BCUT2D eigenvalue weighted by molar-refractivity contribution is -0.121. The zero-order chi connectivity index (χ0) is 13.0. The summed E-state index contributed by atoms with van der Waals surface area (Å²) in [6.45, 7) is 2.50. The molecule has 0 aromatic carbocycles. The van der Waals surface area contributed by atoms with Crippen molar-refractivity contribution in [3.05, 3.63) is 16.1 Å². The maximum atomic E-state index is 11.4. The first-order valence-corrected chi connectivity index (χ1v) is 6.51. The molecule has 0 radical (unpaired) electrons. The van der Waals surface area contributed by atoms with E-state index in [0.29, 0.717) is 24.6 Å². The van der Waals surface area contributed by atoms with Crippen LogP contribution in [0.15, 0.2) is 5.38 Å². The van der Waals surface area contributed by atoms with Gasteiger partial charge >= 0.3 is 0 Å². The fourth-order valence-corrected chi connectivity index (χ4v) is 2.49. The van der Waals surface area contributed by atoms with E-state index < -0.39 is 0 Å². The maximum absolute atomic E-state index is 11.4. The van der Waals surface area contributed by atoms with Gasteiger partial charge in [0.25, 0.3) is 5.91 Å². The largest absolute Gasteiger partial charge is 0.355 e. The first-order chi connectivity index (χ1) is 8.69. The summed E-state index contributed by atoms with van der Waals surface area (Å²) in [7, 11) is 0. The molecule has 8 heteroatoms. The average molecular weight is 269 g/mol. The predicted octanol–water partition coefficient (Wildman–Crippen LogP) is -0.931. The van der Waals surface area contributed by atoms with Crippen molar-refractivity contribution < 1.29 is 9.59 Å². The second-order valence-electron chi connectivity index (χ2n) is 4.03. The zero-order valence-electron chi connectivity index (χ0n) is 9.81. The molecule has 2 amide bonds. The van der Waals surface area contributed by atoms with Crippen LogP contribution in [0, 0.1) is 0 Å². The summed E-state index contributed by atoms with van der Waals surface area (Å²) in [6, 6.07) is 0. The number of hydrogen-bond donors (Lipinski definition) is 3. The molecule has 4 N–H and O–H groups in total. The SMILES string of the molecule is NNC(=O)c1nc(CN2CCCNC(=O)C2)cs1. The molecule has 0 bridgehead atoms. The number of hydrazine groups is 1. The molecular formula is C10H15N5O2S. The topological polar surface area (TPSA) is 100 Å². The predicted molar refractivity (Wildman–Crippen MR) is 66.7 cm³/mol. The van der Waals surface area contributed by atoms with Crippen molar-refractivity contribution >= 4 is 23.2 Å². The van der Waals surface area contributed by atoms with E-state index in [4.69, 9.17) is 5.84 Å². The Bertz CT molecular complexity index is 447. The number of nitrogens with zero attached hydrogens (tertiary/aromatic N) is 2. The Hall–Kier alpha value is -1.51. The summed E-state index contributed by atoms with van der Waals surface area (Å²) in [5.74, 6) is 4.68. The number of aromatic nitrogens is 1. The van der Waals surface area contributed by atoms with Crippen molar-refractivity contribution in [3.63, 3.8) is 0 Å². The summed E-state index contributed by atoms with van der Waals surface area (Å²) in [5, 5.41) is 4.97. The molecule has 1 aromatic heterocycles. The van der Waals surface area contributed by atoms with Crippen molar-refractivity contribution in [1.82, 2.24) is 20.6 Å². The Morgan fingerprint density at radius 3 is 3.28 bits per heavy atom. The van der Waals surface area contributed by atoms with Crippen molar-refractivity contribution in [2.45, 2.75) is 13.0 Å². The lowest BCUT2D eigenvalue weighted by atomic mass is 10.3. The molecule has 98 valence electrons. The highest BCUT2D eigenvalue weighted by Gasteiger charge is 2.17. The molecular weight excluding hydrogens is 254 g/mol. The Morgan fingerprint density at radius 1 is 1.67 bits per heavy atom. The monoisotopic (exact) mass is 269 g/mol. The van der Waals surface area contributed by atoms with E-state index in [2.05, 4.69) is 10.3 Å². The Labute approximate surface area is 108 Å². The van der Waals surface area contributed by atoms with Gasteiger partial charge in [0, 0.05) is 25.0 Å². The van der Waals surface area contributed by atoms with E-state index in [-0.39, 0.29) is 11.8 Å². The van der Waals surface area contributed by atoms with Crippen LogP contribution in [0.25, 0.3) is 0 Å². The van der Waals surface area contributed by atoms with Crippen LogP contribution in [0.1, 0.15) is 21.9 Å². The molecule has 18 heavy (non-hydrogen) atoms. The lowest BCUT2D eigenvalue weighted by Crippen LogP contribution is -2.33. The summed E-state index contributed by atoms with van der Waals surface area (Å²) < 4.78 is 0. The molecule has 0 unspecified atom stereocenters. The van der Waals surface area contributed by atoms with Gasteiger partial charge in [-0.1, -0.05) is 0 Å². The van der Waals surface area contributed by atoms with Gasteiger partial charge in [0.15, 0.2) is 5.01 Å². The summed E-state index contributed by atoms with van der Waals surface area (Å²) in [6.07, 6.45) is 0.923. The van der Waals surface area contributed by atoms with Gasteiger partial charge in [-0.2, -0.15) is 0 Å². The van der Waals surface area contributed by atoms with Crippen molar-refractivity contribution in [2.75, 3.05) is 19.6 Å². The van der Waals surface area contributed by atoms with Crippen molar-refractivity contribution in [1.29, 1.82) is 0 Å². The number of rotatable bonds is 3. The normalized spacial score (nSPS) is 17.1. The quantitative estimate of drug-likeness (QED) is 0.374. The lowest BCUT2D eigenvalue weighted by Gasteiger charge is -2.16. The first kappa shape index (κ1) is 12.9. The van der Waals surface area contributed by atoms with Crippen LogP contribution in [-0.4, -0.2) is 41.3 Å². The Morgan fingerprint density at radius 2 is 2.50 bits per heavy atom. The van der Waals surface area contributed by atoms with Gasteiger partial charge in [-0.15, -0.1) is 11.3 Å². The second kappa shape index (κ2) is 5.89. The number of nitrogen functional groups attached to an aromatic ring is 1. The molecule has 2 heterocycles. The Balaban J connectivity index is 1.98. The van der Waals surface area contributed by atoms with E-state index in [0.717, 1.165) is 18.7 Å². The fraction of sp³-hybridized carbons (Fsp3) is 0.500. The van der Waals surface area contributed by atoms with Crippen LogP contribution in [0.2, 0.25) is 0 Å². The van der Waals surface area contributed by atoms with Crippen LogP contribution in [0.4, 0.5) is 0 Å². The third-order valence-electron chi connectivity index (χ3n) is 2.60. The highest BCUT2D eigenvalue weighted by molar-refractivity contribution is 7.11. The summed E-state index contributed by atoms with van der Waals surface area (Å²) in [4.78, 5) is 28.9. The maximum Gasteiger partial charge on any atom is 0.294 e. The number of carbonyl (C=O) groups is 2. The van der Waals surface area contributed by atoms with E-state index >= 15 is 0 Å². The van der Waals surface area contributed by atoms with Gasteiger partial charge in [-0.3, -0.25) is 19.9 Å². The van der Waals surface area contributed by atoms with Crippen LogP contribution in [-0.2, 0) is 11.3 Å². The third kappa shape index (κ3) is 3.25. The van der Waals surface area contributed by atoms with Gasteiger partial charge in [0.1, 0.15) is 0 Å². The van der Waals surface area contributed by atoms with E-state index in [1.54, 1.807) is 0 Å². The first-order valence-electron chi connectivity index (χ1n) is 5.63. The minimum absolute atomic E-state index is 0.0302. The third-order valence-corrected chi connectivity index (χ3v) is 3.49. The minimum atomic E-state index is -0.389. The summed E-state index contributed by atoms with van der Waals surface area (Å²) >= 11 is 1.25. The van der Waals surface area contributed by atoms with Crippen molar-refractivity contribution in [2.24, 2.45) is 5.84 Å². The molecule has 1 fully saturated rings. The smallest absolute Gasteiger partial charge is 0.294 e. The minimum Gasteiger partial charge on any atom is -0.355 e. The van der Waals surface area contributed by atoms with E-state index in [1.807, 2.05) is 15.7 Å². The average Bonchev–Trinajstić information content (AvgIpc) is 2.72. The number of thiazole rings is 1. The molecule has 0 aliphatic carbocycles. The molecule has 0 spiro atoms. The van der Waals surface area contributed by atoms with Crippen LogP contribution in [0.3, 0.4) is 0 Å². The molecule has 7 nitrogen and oxygen atoms in total. The molecule has 1 saturated heterocycles. The van der Waals surface area contributed by atoms with Gasteiger partial charge in [-0.05, 0) is 6.42 Å². The van der Waals surface area contributed by atoms with Gasteiger partial charge in [-0.25, -0.2) is 10.8 Å².